The summed E-state index contributed by atoms with van der Waals surface area (Å²) < 4.78 is 10.5. The maximum Gasteiger partial charge on any atom is 0.179 e. The number of rotatable bonds is 6. The molecule has 0 aromatic heterocycles. The summed E-state index contributed by atoms with van der Waals surface area (Å²) in [5, 5.41) is 4.08. The topological polar surface area (TPSA) is 33.7 Å². The first kappa shape index (κ1) is 15.4. The summed E-state index contributed by atoms with van der Waals surface area (Å²) in [6, 6.07) is 4.54. The summed E-state index contributed by atoms with van der Waals surface area (Å²) in [4.78, 5) is 2.41. The summed E-state index contributed by atoms with van der Waals surface area (Å²) in [5.74, 6) is 1.27. The highest BCUT2D eigenvalue weighted by molar-refractivity contribution is 6.32. The molecule has 112 valence electrons. The average molecular weight is 299 g/mol. The van der Waals surface area contributed by atoms with Crippen molar-refractivity contribution in [2.75, 3.05) is 34.4 Å². The van der Waals surface area contributed by atoms with Crippen LogP contribution < -0.4 is 14.8 Å². The minimum absolute atomic E-state index is 0.585. The maximum absolute atomic E-state index is 6.20. The van der Waals surface area contributed by atoms with Gasteiger partial charge in [0.25, 0.3) is 0 Å². The van der Waals surface area contributed by atoms with Crippen molar-refractivity contribution in [3.8, 4) is 11.5 Å². The first-order chi connectivity index (χ1) is 9.65. The zero-order valence-electron chi connectivity index (χ0n) is 12.4. The van der Waals surface area contributed by atoms with E-state index in [4.69, 9.17) is 21.1 Å². The average Bonchev–Trinajstić information content (AvgIpc) is 2.84. The van der Waals surface area contributed by atoms with E-state index in [1.165, 1.54) is 19.4 Å². The van der Waals surface area contributed by atoms with Crippen LogP contribution in [0.1, 0.15) is 18.4 Å². The second kappa shape index (κ2) is 7.16. The third kappa shape index (κ3) is 3.57. The number of hydrogen-bond donors (Lipinski definition) is 1. The summed E-state index contributed by atoms with van der Waals surface area (Å²) in [7, 11) is 5.41. The Morgan fingerprint density at radius 1 is 1.35 bits per heavy atom. The molecule has 1 unspecified atom stereocenters. The number of benzene rings is 1. The molecule has 20 heavy (non-hydrogen) atoms. The third-order valence-corrected chi connectivity index (χ3v) is 4.15. The molecule has 0 amide bonds. The van der Waals surface area contributed by atoms with Gasteiger partial charge in [0.05, 0.1) is 19.2 Å². The fourth-order valence-electron chi connectivity index (χ4n) is 2.69. The highest BCUT2D eigenvalue weighted by atomic mass is 35.5. The lowest BCUT2D eigenvalue weighted by molar-refractivity contribution is 0.300. The monoisotopic (exact) mass is 298 g/mol. The Hall–Kier alpha value is -0.970. The quantitative estimate of drug-likeness (QED) is 0.875. The van der Waals surface area contributed by atoms with Gasteiger partial charge in [-0.3, -0.25) is 0 Å². The molecule has 1 aliphatic heterocycles. The van der Waals surface area contributed by atoms with Gasteiger partial charge in [-0.1, -0.05) is 11.6 Å². The number of likely N-dealkylation sites (N-methyl/N-ethyl adjacent to an activating group) is 1. The van der Waals surface area contributed by atoms with Gasteiger partial charge in [0.1, 0.15) is 0 Å². The second-order valence-electron chi connectivity index (χ2n) is 5.22. The van der Waals surface area contributed by atoms with Gasteiger partial charge in [0.2, 0.25) is 0 Å². The van der Waals surface area contributed by atoms with Crippen molar-refractivity contribution < 1.29 is 9.47 Å². The molecule has 1 aromatic carbocycles. The minimum atomic E-state index is 0.585. The van der Waals surface area contributed by atoms with Crippen LogP contribution in [0.5, 0.6) is 11.5 Å². The summed E-state index contributed by atoms with van der Waals surface area (Å²) >= 11 is 6.20. The summed E-state index contributed by atoms with van der Waals surface area (Å²) in [6.07, 6.45) is 2.57. The number of likely N-dealkylation sites (tertiary alicyclic amines) is 1. The standard InChI is InChI=1S/C15H23ClN2O2/c1-18-6-4-5-12(18)10-17-9-11-7-13(16)15(20-3)14(8-11)19-2/h7-8,12,17H,4-6,9-10H2,1-3H3. The predicted octanol–water partition coefficient (Wildman–Crippen LogP) is 2.54. The molecule has 1 saturated heterocycles. The molecule has 0 aliphatic carbocycles. The number of methoxy groups -OCH3 is 2. The number of ether oxygens (including phenoxy) is 2. The normalized spacial score (nSPS) is 19.3. The van der Waals surface area contributed by atoms with E-state index < -0.39 is 0 Å². The van der Waals surface area contributed by atoms with Crippen molar-refractivity contribution in [2.24, 2.45) is 0 Å². The van der Waals surface area contributed by atoms with E-state index in [0.29, 0.717) is 22.6 Å². The number of hydrogen-bond acceptors (Lipinski definition) is 4. The molecule has 1 atom stereocenters. The lowest BCUT2D eigenvalue weighted by Gasteiger charge is -2.20. The highest BCUT2D eigenvalue weighted by Gasteiger charge is 2.20. The number of nitrogens with zero attached hydrogens (tertiary/aromatic N) is 1. The van der Waals surface area contributed by atoms with Crippen LogP contribution in [0.2, 0.25) is 5.02 Å². The van der Waals surface area contributed by atoms with Gasteiger partial charge in [-0.05, 0) is 44.1 Å². The van der Waals surface area contributed by atoms with Gasteiger partial charge in [0, 0.05) is 19.1 Å². The van der Waals surface area contributed by atoms with E-state index in [1.54, 1.807) is 14.2 Å². The lowest BCUT2D eigenvalue weighted by atomic mass is 10.2. The molecule has 1 N–H and O–H groups in total. The first-order valence-corrected chi connectivity index (χ1v) is 7.35. The van der Waals surface area contributed by atoms with Gasteiger partial charge in [-0.15, -0.1) is 0 Å². The first-order valence-electron chi connectivity index (χ1n) is 6.97. The van der Waals surface area contributed by atoms with E-state index >= 15 is 0 Å². The Morgan fingerprint density at radius 2 is 2.15 bits per heavy atom. The Balaban J connectivity index is 1.94. The minimum Gasteiger partial charge on any atom is -0.493 e. The van der Waals surface area contributed by atoms with Crippen molar-refractivity contribution in [3.05, 3.63) is 22.7 Å². The molecule has 1 aliphatic rings. The van der Waals surface area contributed by atoms with Crippen molar-refractivity contribution in [3.63, 3.8) is 0 Å². The van der Waals surface area contributed by atoms with E-state index in [9.17, 15) is 0 Å². The maximum atomic E-state index is 6.20. The molecule has 5 heteroatoms. The second-order valence-corrected chi connectivity index (χ2v) is 5.63. The zero-order valence-corrected chi connectivity index (χ0v) is 13.2. The van der Waals surface area contributed by atoms with Crippen molar-refractivity contribution in [1.82, 2.24) is 10.2 Å². The Bertz CT molecular complexity index is 454. The Kier molecular flexibility index (Phi) is 5.52. The molecule has 0 bridgehead atoms. The lowest BCUT2D eigenvalue weighted by Crippen LogP contribution is -2.35. The molecule has 2 rings (SSSR count). The summed E-state index contributed by atoms with van der Waals surface area (Å²) in [6.45, 7) is 2.99. The summed E-state index contributed by atoms with van der Waals surface area (Å²) in [5.41, 5.74) is 1.10. The zero-order chi connectivity index (χ0) is 14.5. The Labute approximate surface area is 126 Å². The third-order valence-electron chi connectivity index (χ3n) is 3.87. The van der Waals surface area contributed by atoms with Crippen molar-refractivity contribution in [2.45, 2.75) is 25.4 Å². The van der Waals surface area contributed by atoms with Gasteiger partial charge >= 0.3 is 0 Å². The molecule has 1 fully saturated rings. The van der Waals surface area contributed by atoms with Crippen LogP contribution in [0.25, 0.3) is 0 Å². The number of nitrogens with one attached hydrogen (secondary N) is 1. The SMILES string of the molecule is COc1cc(CNCC2CCCN2C)cc(Cl)c1OC. The molecule has 0 saturated carbocycles. The van der Waals surface area contributed by atoms with Crippen LogP contribution in [0.15, 0.2) is 12.1 Å². The largest absolute Gasteiger partial charge is 0.493 e. The molecular formula is C15H23ClN2O2. The van der Waals surface area contributed by atoms with Crippen LogP contribution in [-0.2, 0) is 6.54 Å². The molecule has 0 spiro atoms. The fourth-order valence-corrected chi connectivity index (χ4v) is 3.00. The van der Waals surface area contributed by atoms with Gasteiger partial charge < -0.3 is 19.7 Å². The van der Waals surface area contributed by atoms with E-state index in [1.807, 2.05) is 12.1 Å². The van der Waals surface area contributed by atoms with Crippen LogP contribution in [0, 0.1) is 0 Å². The predicted molar refractivity (Wildman–Crippen MR) is 81.9 cm³/mol. The van der Waals surface area contributed by atoms with Crippen LogP contribution in [0.4, 0.5) is 0 Å². The molecule has 1 aromatic rings. The van der Waals surface area contributed by atoms with Gasteiger partial charge in [-0.2, -0.15) is 0 Å². The van der Waals surface area contributed by atoms with Crippen molar-refractivity contribution >= 4 is 11.6 Å². The fraction of sp³-hybridized carbons (Fsp3) is 0.600. The van der Waals surface area contributed by atoms with Gasteiger partial charge in [0.15, 0.2) is 11.5 Å². The van der Waals surface area contributed by atoms with Crippen LogP contribution >= 0.6 is 11.6 Å². The van der Waals surface area contributed by atoms with E-state index in [-0.39, 0.29) is 0 Å². The van der Waals surface area contributed by atoms with E-state index in [2.05, 4.69) is 17.3 Å². The Morgan fingerprint density at radius 3 is 2.75 bits per heavy atom. The van der Waals surface area contributed by atoms with Crippen LogP contribution in [-0.4, -0.2) is 45.3 Å². The highest BCUT2D eigenvalue weighted by Crippen LogP contribution is 2.35. The van der Waals surface area contributed by atoms with Gasteiger partial charge in [-0.25, -0.2) is 0 Å². The molecule has 4 nitrogen and oxygen atoms in total. The van der Waals surface area contributed by atoms with Crippen molar-refractivity contribution in [1.29, 1.82) is 0 Å². The molecule has 1 heterocycles. The smallest absolute Gasteiger partial charge is 0.179 e. The van der Waals surface area contributed by atoms with Crippen LogP contribution in [0.3, 0.4) is 0 Å². The molecule has 0 radical (unpaired) electrons. The van der Waals surface area contributed by atoms with E-state index in [0.717, 1.165) is 18.7 Å². The number of halogens is 1. The molecular weight excluding hydrogens is 276 g/mol.